The van der Waals surface area contributed by atoms with Gasteiger partial charge < -0.3 is 15.4 Å². The third-order valence-electron chi connectivity index (χ3n) is 5.56. The second-order valence-electron chi connectivity index (χ2n) is 7.52. The number of nitrogens with one attached hydrogen (secondary N) is 2. The molecule has 2 aromatic carbocycles. The molecule has 0 fully saturated rings. The lowest BCUT2D eigenvalue weighted by atomic mass is 9.88. The number of hydrogen-bond acceptors (Lipinski definition) is 5. The summed E-state index contributed by atoms with van der Waals surface area (Å²) in [5.74, 6) is -0.965. The molecule has 1 aliphatic rings. The molecule has 31 heavy (non-hydrogen) atoms. The van der Waals surface area contributed by atoms with Crippen molar-refractivity contribution < 1.29 is 14.3 Å². The van der Waals surface area contributed by atoms with E-state index in [2.05, 4.69) is 28.8 Å². The quantitative estimate of drug-likeness (QED) is 0.395. The predicted octanol–water partition coefficient (Wildman–Crippen LogP) is 4.44. The van der Waals surface area contributed by atoms with Gasteiger partial charge in [-0.15, -0.1) is 0 Å². The van der Waals surface area contributed by atoms with E-state index in [0.717, 1.165) is 18.4 Å². The zero-order valence-electron chi connectivity index (χ0n) is 17.9. The molecule has 0 spiro atoms. The summed E-state index contributed by atoms with van der Waals surface area (Å²) in [5.41, 5.74) is 4.50. The SMILES string of the molecule is CCC(NC(=O)/C(C#N)=C\Nc1ccccc1C(=O)OC)c1ccc2c(c1)CCCC2. The monoisotopic (exact) mass is 417 g/mol. The van der Waals surface area contributed by atoms with E-state index in [4.69, 9.17) is 4.74 Å². The fraction of sp³-hybridized carbons (Fsp3) is 0.320. The summed E-state index contributed by atoms with van der Waals surface area (Å²) < 4.78 is 4.77. The van der Waals surface area contributed by atoms with E-state index in [-0.39, 0.29) is 11.6 Å². The highest BCUT2D eigenvalue weighted by Gasteiger charge is 2.19. The van der Waals surface area contributed by atoms with Gasteiger partial charge in [0.2, 0.25) is 0 Å². The second kappa shape index (κ2) is 10.4. The van der Waals surface area contributed by atoms with Crippen LogP contribution in [0.15, 0.2) is 54.2 Å². The third kappa shape index (κ3) is 5.32. The van der Waals surface area contributed by atoms with Gasteiger partial charge in [-0.05, 0) is 60.9 Å². The number of amides is 1. The number of nitriles is 1. The van der Waals surface area contributed by atoms with Crippen molar-refractivity contribution in [1.82, 2.24) is 5.32 Å². The van der Waals surface area contributed by atoms with Crippen LogP contribution in [0.25, 0.3) is 0 Å². The van der Waals surface area contributed by atoms with Crippen LogP contribution < -0.4 is 10.6 Å². The lowest BCUT2D eigenvalue weighted by Crippen LogP contribution is -2.29. The molecule has 3 rings (SSSR count). The Morgan fingerprint density at radius 1 is 1.16 bits per heavy atom. The molecule has 160 valence electrons. The summed E-state index contributed by atoms with van der Waals surface area (Å²) in [6.07, 6.45) is 6.63. The van der Waals surface area contributed by atoms with Crippen LogP contribution in [0.5, 0.6) is 0 Å². The zero-order chi connectivity index (χ0) is 22.2. The third-order valence-corrected chi connectivity index (χ3v) is 5.56. The van der Waals surface area contributed by atoms with Gasteiger partial charge in [0.25, 0.3) is 5.91 Å². The highest BCUT2D eigenvalue weighted by atomic mass is 16.5. The number of methoxy groups -OCH3 is 1. The maximum atomic E-state index is 12.8. The number of aryl methyl sites for hydroxylation is 2. The van der Waals surface area contributed by atoms with Crippen LogP contribution in [0, 0.1) is 11.3 Å². The summed E-state index contributed by atoms with van der Waals surface area (Å²) in [6.45, 7) is 2.00. The molecule has 0 bridgehead atoms. The molecule has 2 aromatic rings. The molecule has 0 aliphatic heterocycles. The number of anilines is 1. The van der Waals surface area contributed by atoms with E-state index < -0.39 is 11.9 Å². The lowest BCUT2D eigenvalue weighted by molar-refractivity contribution is -0.117. The Bertz CT molecular complexity index is 1040. The van der Waals surface area contributed by atoms with Gasteiger partial charge in [-0.3, -0.25) is 4.79 Å². The average molecular weight is 418 g/mol. The number of carbonyl (C=O) groups excluding carboxylic acids is 2. The van der Waals surface area contributed by atoms with Crippen LogP contribution in [-0.2, 0) is 22.4 Å². The van der Waals surface area contributed by atoms with Gasteiger partial charge in [-0.2, -0.15) is 5.26 Å². The first-order valence-electron chi connectivity index (χ1n) is 10.5. The van der Waals surface area contributed by atoms with Crippen molar-refractivity contribution in [3.8, 4) is 6.07 Å². The van der Waals surface area contributed by atoms with Crippen LogP contribution in [0.3, 0.4) is 0 Å². The number of fused-ring (bicyclic) bond motifs is 1. The van der Waals surface area contributed by atoms with Gasteiger partial charge in [-0.25, -0.2) is 4.79 Å². The molecule has 0 saturated heterocycles. The van der Waals surface area contributed by atoms with Crippen molar-refractivity contribution in [1.29, 1.82) is 5.26 Å². The van der Waals surface area contributed by atoms with Crippen LogP contribution >= 0.6 is 0 Å². The standard InChI is InChI=1S/C25H27N3O3/c1-3-22(19-13-12-17-8-4-5-9-18(17)14-19)28-24(29)20(15-26)16-27-23-11-7-6-10-21(23)25(30)31-2/h6-7,10-14,16,22,27H,3-5,8-9H2,1-2H3,(H,28,29)/b20-16-. The Morgan fingerprint density at radius 2 is 1.90 bits per heavy atom. The van der Waals surface area contributed by atoms with Crippen molar-refractivity contribution in [3.05, 3.63) is 76.5 Å². The van der Waals surface area contributed by atoms with E-state index in [1.165, 1.54) is 37.3 Å². The summed E-state index contributed by atoms with van der Waals surface area (Å²) in [5, 5.41) is 15.4. The van der Waals surface area contributed by atoms with Crippen molar-refractivity contribution in [2.24, 2.45) is 0 Å². The van der Waals surface area contributed by atoms with Crippen LogP contribution in [0.2, 0.25) is 0 Å². The maximum Gasteiger partial charge on any atom is 0.339 e. The summed E-state index contributed by atoms with van der Waals surface area (Å²) in [6, 6.07) is 14.9. The van der Waals surface area contributed by atoms with Crippen molar-refractivity contribution >= 4 is 17.6 Å². The fourth-order valence-corrected chi connectivity index (χ4v) is 3.82. The number of carbonyl (C=O) groups is 2. The van der Waals surface area contributed by atoms with E-state index in [1.807, 2.05) is 13.0 Å². The molecule has 6 heteroatoms. The van der Waals surface area contributed by atoms with Gasteiger partial charge in [0, 0.05) is 6.20 Å². The molecular weight excluding hydrogens is 390 g/mol. The summed E-state index contributed by atoms with van der Waals surface area (Å²) in [7, 11) is 1.30. The topological polar surface area (TPSA) is 91.2 Å². The molecule has 0 saturated carbocycles. The highest BCUT2D eigenvalue weighted by molar-refractivity contribution is 5.99. The number of esters is 1. The lowest BCUT2D eigenvalue weighted by Gasteiger charge is -2.21. The Labute approximate surface area is 182 Å². The van der Waals surface area contributed by atoms with Gasteiger partial charge in [0.15, 0.2) is 0 Å². The van der Waals surface area contributed by atoms with Crippen molar-refractivity contribution in [2.45, 2.75) is 45.1 Å². The maximum absolute atomic E-state index is 12.8. The first-order valence-corrected chi connectivity index (χ1v) is 10.5. The Balaban J connectivity index is 1.74. The minimum Gasteiger partial charge on any atom is -0.465 e. The fourth-order valence-electron chi connectivity index (χ4n) is 3.82. The summed E-state index contributed by atoms with van der Waals surface area (Å²) >= 11 is 0. The second-order valence-corrected chi connectivity index (χ2v) is 7.52. The molecular formula is C25H27N3O3. The zero-order valence-corrected chi connectivity index (χ0v) is 17.9. The van der Waals surface area contributed by atoms with Crippen LogP contribution in [0.1, 0.15) is 59.3 Å². The number of rotatable bonds is 7. The molecule has 1 aliphatic carbocycles. The molecule has 0 aromatic heterocycles. The largest absolute Gasteiger partial charge is 0.465 e. The van der Waals surface area contributed by atoms with E-state index in [9.17, 15) is 14.9 Å². The van der Waals surface area contributed by atoms with Gasteiger partial charge in [0.05, 0.1) is 24.4 Å². The average Bonchev–Trinajstić information content (AvgIpc) is 2.82. The Morgan fingerprint density at radius 3 is 2.61 bits per heavy atom. The first-order chi connectivity index (χ1) is 15.1. The normalized spacial score (nSPS) is 14.0. The van der Waals surface area contributed by atoms with Crippen LogP contribution in [0.4, 0.5) is 5.69 Å². The van der Waals surface area contributed by atoms with Crippen molar-refractivity contribution in [3.63, 3.8) is 0 Å². The minimum atomic E-state index is -0.502. The van der Waals surface area contributed by atoms with Crippen molar-refractivity contribution in [2.75, 3.05) is 12.4 Å². The van der Waals surface area contributed by atoms with Gasteiger partial charge in [0.1, 0.15) is 11.6 Å². The molecule has 1 unspecified atom stereocenters. The molecule has 0 heterocycles. The van der Waals surface area contributed by atoms with Gasteiger partial charge >= 0.3 is 5.97 Å². The predicted molar refractivity (Wildman–Crippen MR) is 119 cm³/mol. The van der Waals surface area contributed by atoms with Gasteiger partial charge in [-0.1, -0.05) is 37.3 Å². The Kier molecular flexibility index (Phi) is 7.45. The van der Waals surface area contributed by atoms with E-state index in [1.54, 1.807) is 24.3 Å². The first kappa shape index (κ1) is 22.1. The minimum absolute atomic E-state index is 0.0731. The van der Waals surface area contributed by atoms with E-state index >= 15 is 0 Å². The molecule has 1 atom stereocenters. The Hall–Kier alpha value is -3.59. The number of benzene rings is 2. The molecule has 0 radical (unpaired) electrons. The number of ether oxygens (including phenoxy) is 1. The molecule has 2 N–H and O–H groups in total. The van der Waals surface area contributed by atoms with Crippen LogP contribution in [-0.4, -0.2) is 19.0 Å². The molecule has 6 nitrogen and oxygen atoms in total. The number of nitrogens with zero attached hydrogens (tertiary/aromatic N) is 1. The summed E-state index contributed by atoms with van der Waals surface area (Å²) in [4.78, 5) is 24.7. The molecule has 1 amide bonds. The highest BCUT2D eigenvalue weighted by Crippen LogP contribution is 2.26. The number of para-hydroxylation sites is 1. The smallest absolute Gasteiger partial charge is 0.339 e. The van der Waals surface area contributed by atoms with E-state index in [0.29, 0.717) is 17.7 Å². The number of hydrogen-bond donors (Lipinski definition) is 2.